The summed E-state index contributed by atoms with van der Waals surface area (Å²) in [4.78, 5) is 17.3. The van der Waals surface area contributed by atoms with Crippen molar-refractivity contribution in [3.05, 3.63) is 29.8 Å². The van der Waals surface area contributed by atoms with E-state index in [0.29, 0.717) is 49.6 Å². The smallest absolute Gasteiger partial charge is 0.243 e. The van der Waals surface area contributed by atoms with Crippen LogP contribution in [0.2, 0.25) is 0 Å². The van der Waals surface area contributed by atoms with E-state index < -0.39 is 10.0 Å². The number of amides is 1. The SMILES string of the molecule is CC[C@@H]1CCCCN1C(=O)CN1CCN(S(=O)(=O)c2ccc(C(C)C)cc2)CC1. The number of piperidine rings is 1. The molecule has 3 rings (SSSR count). The van der Waals surface area contributed by atoms with Gasteiger partial charge in [0.05, 0.1) is 11.4 Å². The second-order valence-electron chi connectivity index (χ2n) is 8.55. The van der Waals surface area contributed by atoms with Crippen molar-refractivity contribution in [2.75, 3.05) is 39.3 Å². The fraction of sp³-hybridized carbons (Fsp3) is 0.682. The molecule has 2 saturated heterocycles. The Kier molecular flexibility index (Phi) is 7.35. The molecule has 0 saturated carbocycles. The summed E-state index contributed by atoms with van der Waals surface area (Å²) in [6.07, 6.45) is 4.40. The number of nitrogens with zero attached hydrogens (tertiary/aromatic N) is 3. The van der Waals surface area contributed by atoms with Crippen LogP contribution in [0.25, 0.3) is 0 Å². The lowest BCUT2D eigenvalue weighted by atomic mass is 10.00. The molecule has 1 atom stereocenters. The summed E-state index contributed by atoms with van der Waals surface area (Å²) in [6, 6.07) is 7.58. The maximum absolute atomic E-state index is 13.0. The van der Waals surface area contributed by atoms with Gasteiger partial charge in [0, 0.05) is 38.8 Å². The van der Waals surface area contributed by atoms with Gasteiger partial charge in [-0.3, -0.25) is 9.69 Å². The zero-order chi connectivity index (χ0) is 21.0. The Morgan fingerprint density at radius 2 is 1.69 bits per heavy atom. The fourth-order valence-corrected chi connectivity index (χ4v) is 5.76. The van der Waals surface area contributed by atoms with Crippen molar-refractivity contribution in [2.24, 2.45) is 0 Å². The number of rotatable bonds is 6. The molecule has 29 heavy (non-hydrogen) atoms. The van der Waals surface area contributed by atoms with Gasteiger partial charge in [-0.2, -0.15) is 4.31 Å². The first kappa shape index (κ1) is 22.2. The van der Waals surface area contributed by atoms with Crippen molar-refractivity contribution in [2.45, 2.75) is 63.3 Å². The van der Waals surface area contributed by atoms with E-state index in [9.17, 15) is 13.2 Å². The highest BCUT2D eigenvalue weighted by Crippen LogP contribution is 2.22. The molecule has 0 spiro atoms. The van der Waals surface area contributed by atoms with Crippen LogP contribution in [0.5, 0.6) is 0 Å². The Morgan fingerprint density at radius 3 is 2.28 bits per heavy atom. The molecule has 0 bridgehead atoms. The van der Waals surface area contributed by atoms with Gasteiger partial charge < -0.3 is 4.90 Å². The number of carbonyl (C=O) groups is 1. The molecule has 0 aromatic heterocycles. The second-order valence-corrected chi connectivity index (χ2v) is 10.5. The summed E-state index contributed by atoms with van der Waals surface area (Å²) in [7, 11) is -3.48. The Morgan fingerprint density at radius 1 is 1.03 bits per heavy atom. The van der Waals surface area contributed by atoms with Crippen molar-refractivity contribution in [1.82, 2.24) is 14.1 Å². The highest BCUT2D eigenvalue weighted by atomic mass is 32.2. The van der Waals surface area contributed by atoms with Crippen LogP contribution in [0, 0.1) is 0 Å². The summed E-state index contributed by atoms with van der Waals surface area (Å²) in [5.41, 5.74) is 1.13. The molecule has 1 aromatic rings. The molecule has 7 heteroatoms. The van der Waals surface area contributed by atoms with Crippen molar-refractivity contribution in [1.29, 1.82) is 0 Å². The lowest BCUT2D eigenvalue weighted by molar-refractivity contribution is -0.136. The van der Waals surface area contributed by atoms with Crippen LogP contribution < -0.4 is 0 Å². The largest absolute Gasteiger partial charge is 0.339 e. The van der Waals surface area contributed by atoms with Crippen LogP contribution in [0.1, 0.15) is 57.9 Å². The highest BCUT2D eigenvalue weighted by Gasteiger charge is 2.31. The quantitative estimate of drug-likeness (QED) is 0.709. The van der Waals surface area contributed by atoms with Crippen molar-refractivity contribution in [3.63, 3.8) is 0 Å². The third-order valence-corrected chi connectivity index (χ3v) is 8.21. The Hall–Kier alpha value is -1.44. The van der Waals surface area contributed by atoms with Gasteiger partial charge in [0.2, 0.25) is 15.9 Å². The Balaban J connectivity index is 1.56. The molecule has 2 aliphatic rings. The van der Waals surface area contributed by atoms with E-state index in [0.717, 1.165) is 31.4 Å². The maximum atomic E-state index is 13.0. The van der Waals surface area contributed by atoms with Crippen LogP contribution in [-0.2, 0) is 14.8 Å². The number of piperazine rings is 1. The van der Waals surface area contributed by atoms with E-state index in [1.807, 2.05) is 17.0 Å². The van der Waals surface area contributed by atoms with Crippen LogP contribution in [0.4, 0.5) is 0 Å². The van der Waals surface area contributed by atoms with Crippen LogP contribution in [0.3, 0.4) is 0 Å². The molecule has 162 valence electrons. The van der Waals surface area contributed by atoms with E-state index in [1.54, 1.807) is 16.4 Å². The lowest BCUT2D eigenvalue weighted by Gasteiger charge is -2.38. The normalized spacial score (nSPS) is 22.2. The minimum atomic E-state index is -3.48. The summed E-state index contributed by atoms with van der Waals surface area (Å²) < 4.78 is 27.5. The zero-order valence-electron chi connectivity index (χ0n) is 18.0. The summed E-state index contributed by atoms with van der Waals surface area (Å²) in [5.74, 6) is 0.567. The predicted molar refractivity (Wildman–Crippen MR) is 115 cm³/mol. The molecular weight excluding hydrogens is 386 g/mol. The van der Waals surface area contributed by atoms with Gasteiger partial charge >= 0.3 is 0 Å². The second kappa shape index (κ2) is 9.58. The van der Waals surface area contributed by atoms with Gasteiger partial charge in [-0.15, -0.1) is 0 Å². The Labute approximate surface area is 175 Å². The zero-order valence-corrected chi connectivity index (χ0v) is 18.8. The molecule has 1 amide bonds. The van der Waals surface area contributed by atoms with Crippen LogP contribution in [-0.4, -0.2) is 73.7 Å². The first-order valence-electron chi connectivity index (χ1n) is 10.9. The average molecular weight is 422 g/mol. The van der Waals surface area contributed by atoms with Gasteiger partial charge in [-0.1, -0.05) is 32.9 Å². The molecule has 0 aliphatic carbocycles. The van der Waals surface area contributed by atoms with Crippen molar-refractivity contribution >= 4 is 15.9 Å². The topological polar surface area (TPSA) is 60.9 Å². The van der Waals surface area contributed by atoms with E-state index in [-0.39, 0.29) is 5.91 Å². The summed E-state index contributed by atoms with van der Waals surface area (Å²) in [5, 5.41) is 0. The highest BCUT2D eigenvalue weighted by molar-refractivity contribution is 7.89. The number of carbonyl (C=O) groups excluding carboxylic acids is 1. The number of sulfonamides is 1. The van der Waals surface area contributed by atoms with Gasteiger partial charge in [-0.05, 0) is 49.3 Å². The first-order chi connectivity index (χ1) is 13.8. The van der Waals surface area contributed by atoms with Crippen LogP contribution in [0.15, 0.2) is 29.2 Å². The van der Waals surface area contributed by atoms with Gasteiger partial charge in [0.1, 0.15) is 0 Å². The van der Waals surface area contributed by atoms with Gasteiger partial charge in [0.15, 0.2) is 0 Å². The van der Waals surface area contributed by atoms with Gasteiger partial charge in [0.25, 0.3) is 0 Å². The van der Waals surface area contributed by atoms with Crippen LogP contribution >= 0.6 is 0 Å². The molecule has 0 unspecified atom stereocenters. The lowest BCUT2D eigenvalue weighted by Crippen LogP contribution is -2.53. The molecule has 0 radical (unpaired) electrons. The Bertz CT molecular complexity index is 784. The molecule has 1 aromatic carbocycles. The average Bonchev–Trinajstić information content (AvgIpc) is 2.74. The van der Waals surface area contributed by atoms with E-state index in [1.165, 1.54) is 6.42 Å². The van der Waals surface area contributed by atoms with Crippen molar-refractivity contribution in [3.8, 4) is 0 Å². The van der Waals surface area contributed by atoms with Crippen molar-refractivity contribution < 1.29 is 13.2 Å². The molecule has 6 nitrogen and oxygen atoms in total. The molecule has 2 aliphatic heterocycles. The number of likely N-dealkylation sites (tertiary alicyclic amines) is 1. The standard InChI is InChI=1S/C22H35N3O3S/c1-4-20-7-5-6-12-25(20)22(26)17-23-13-15-24(16-14-23)29(27,28)21-10-8-19(9-11-21)18(2)3/h8-11,18,20H,4-7,12-17H2,1-3H3/t20-/m1/s1. The maximum Gasteiger partial charge on any atom is 0.243 e. The predicted octanol–water partition coefficient (Wildman–Crippen LogP) is 2.91. The monoisotopic (exact) mass is 421 g/mol. The third kappa shape index (κ3) is 5.19. The van der Waals surface area contributed by atoms with E-state index in [2.05, 4.69) is 25.7 Å². The minimum Gasteiger partial charge on any atom is -0.339 e. The summed E-state index contributed by atoms with van der Waals surface area (Å²) in [6.45, 7) is 9.64. The molecular formula is C22H35N3O3S. The van der Waals surface area contributed by atoms with E-state index in [4.69, 9.17) is 0 Å². The third-order valence-electron chi connectivity index (χ3n) is 6.29. The summed E-state index contributed by atoms with van der Waals surface area (Å²) >= 11 is 0. The number of hydrogen-bond donors (Lipinski definition) is 0. The number of hydrogen-bond acceptors (Lipinski definition) is 4. The van der Waals surface area contributed by atoms with Gasteiger partial charge in [-0.25, -0.2) is 8.42 Å². The fourth-order valence-electron chi connectivity index (χ4n) is 4.34. The molecule has 2 heterocycles. The van der Waals surface area contributed by atoms with E-state index >= 15 is 0 Å². The minimum absolute atomic E-state index is 0.192. The first-order valence-corrected chi connectivity index (χ1v) is 12.4. The molecule has 0 N–H and O–H groups in total. The molecule has 2 fully saturated rings. The number of benzene rings is 1.